The van der Waals surface area contributed by atoms with Gasteiger partial charge in [0.1, 0.15) is 11.4 Å². The molecule has 0 aliphatic heterocycles. The minimum atomic E-state index is -0.339. The fourth-order valence-electron chi connectivity index (χ4n) is 4.14. The summed E-state index contributed by atoms with van der Waals surface area (Å²) in [5, 5.41) is 13.8. The van der Waals surface area contributed by atoms with Gasteiger partial charge in [0.25, 0.3) is 5.91 Å². The van der Waals surface area contributed by atoms with Crippen LogP contribution in [0.3, 0.4) is 0 Å². The van der Waals surface area contributed by atoms with Gasteiger partial charge in [-0.2, -0.15) is 10.2 Å². The molecule has 3 aromatic carbocycles. The summed E-state index contributed by atoms with van der Waals surface area (Å²) in [5.74, 6) is 0.481. The minimum Gasteiger partial charge on any atom is -0.494 e. The average Bonchev–Trinajstić information content (AvgIpc) is 3.48. The summed E-state index contributed by atoms with van der Waals surface area (Å²) in [6.45, 7) is 2.76. The molecule has 5 rings (SSSR count). The van der Waals surface area contributed by atoms with Crippen LogP contribution in [0.5, 0.6) is 5.75 Å². The van der Waals surface area contributed by atoms with Crippen LogP contribution >= 0.6 is 0 Å². The third-order valence-electron chi connectivity index (χ3n) is 5.71. The van der Waals surface area contributed by atoms with E-state index < -0.39 is 0 Å². The molecule has 0 bridgehead atoms. The fraction of sp³-hybridized carbons (Fsp3) is 0.192. The lowest BCUT2D eigenvalue weighted by molar-refractivity contribution is 0.0950. The van der Waals surface area contributed by atoms with Crippen molar-refractivity contribution in [2.75, 3.05) is 6.61 Å². The van der Waals surface area contributed by atoms with Gasteiger partial charge in [0.05, 0.1) is 18.5 Å². The van der Waals surface area contributed by atoms with Gasteiger partial charge in [0, 0.05) is 5.56 Å². The molecule has 6 heteroatoms. The predicted octanol–water partition coefficient (Wildman–Crippen LogP) is 4.88. The quantitative estimate of drug-likeness (QED) is 0.328. The number of nitrogens with zero attached hydrogens (tertiary/aromatic N) is 2. The maximum Gasteiger partial charge on any atom is 0.289 e. The fourth-order valence-corrected chi connectivity index (χ4v) is 4.14. The molecular weight excluding hydrogens is 400 g/mol. The molecule has 0 saturated carbocycles. The lowest BCUT2D eigenvalue weighted by Gasteiger charge is -2.06. The minimum absolute atomic E-state index is 0.339. The lowest BCUT2D eigenvalue weighted by Crippen LogP contribution is -2.17. The number of amides is 1. The number of hydrazone groups is 1. The standard InChI is InChI=1S/C26H24N4O2/c1-2-14-32-20-11-6-17(7-12-20)16-27-30-26(31)24-15-23(28-29-24)21-13-10-19-9-8-18-4-3-5-22(21)25(18)19/h3-7,10-13,15-16H,2,8-9,14H2,1H3,(H,28,29)(H,30,31)/b27-16+. The van der Waals surface area contributed by atoms with Crippen LogP contribution in [-0.4, -0.2) is 28.9 Å². The largest absolute Gasteiger partial charge is 0.494 e. The van der Waals surface area contributed by atoms with Crippen LogP contribution in [0, 0.1) is 0 Å². The monoisotopic (exact) mass is 424 g/mol. The number of aryl methyl sites for hydroxylation is 2. The first-order valence-electron chi connectivity index (χ1n) is 10.9. The highest BCUT2D eigenvalue weighted by molar-refractivity contribution is 6.02. The molecule has 1 aliphatic rings. The van der Waals surface area contributed by atoms with E-state index in [1.54, 1.807) is 12.3 Å². The number of hydrogen-bond donors (Lipinski definition) is 2. The molecule has 1 heterocycles. The molecule has 160 valence electrons. The molecule has 1 aliphatic carbocycles. The Balaban J connectivity index is 1.29. The Labute approximate surface area is 186 Å². The molecule has 2 N–H and O–H groups in total. The molecule has 0 saturated heterocycles. The van der Waals surface area contributed by atoms with Crippen LogP contribution in [0.1, 0.15) is 40.5 Å². The number of hydrogen-bond acceptors (Lipinski definition) is 4. The summed E-state index contributed by atoms with van der Waals surface area (Å²) in [6, 6.07) is 20.0. The number of carbonyl (C=O) groups is 1. The van der Waals surface area contributed by atoms with Crippen molar-refractivity contribution >= 4 is 22.9 Å². The summed E-state index contributed by atoms with van der Waals surface area (Å²) in [7, 11) is 0. The molecule has 0 radical (unpaired) electrons. The van der Waals surface area contributed by atoms with Crippen molar-refractivity contribution in [2.45, 2.75) is 26.2 Å². The maximum atomic E-state index is 12.5. The Morgan fingerprint density at radius 3 is 2.75 bits per heavy atom. The summed E-state index contributed by atoms with van der Waals surface area (Å²) >= 11 is 0. The van der Waals surface area contributed by atoms with Gasteiger partial charge in [0.2, 0.25) is 0 Å². The molecule has 1 amide bonds. The van der Waals surface area contributed by atoms with E-state index in [0.29, 0.717) is 12.3 Å². The van der Waals surface area contributed by atoms with E-state index in [2.05, 4.69) is 58.0 Å². The van der Waals surface area contributed by atoms with Gasteiger partial charge in [-0.25, -0.2) is 5.43 Å². The summed E-state index contributed by atoms with van der Waals surface area (Å²) in [5.41, 5.74) is 8.32. The number of ether oxygens (including phenoxy) is 1. The molecule has 0 spiro atoms. The van der Waals surface area contributed by atoms with Crippen molar-refractivity contribution in [1.82, 2.24) is 15.6 Å². The first kappa shape index (κ1) is 20.0. The van der Waals surface area contributed by atoms with Gasteiger partial charge < -0.3 is 4.74 Å². The normalized spacial score (nSPS) is 12.5. The Morgan fingerprint density at radius 1 is 1.12 bits per heavy atom. The molecule has 1 aromatic heterocycles. The molecule has 32 heavy (non-hydrogen) atoms. The second kappa shape index (κ2) is 8.67. The van der Waals surface area contributed by atoms with E-state index in [1.807, 2.05) is 24.3 Å². The SMILES string of the molecule is CCCOc1ccc(/C=N/NC(=O)c2cc(-c3ccc4c5c(cccc35)CC4)n[nH]2)cc1. The number of benzene rings is 3. The summed E-state index contributed by atoms with van der Waals surface area (Å²) in [6.07, 6.45) is 4.73. The second-order valence-electron chi connectivity index (χ2n) is 7.90. The van der Waals surface area contributed by atoms with Gasteiger partial charge in [-0.15, -0.1) is 0 Å². The molecule has 6 nitrogen and oxygen atoms in total. The highest BCUT2D eigenvalue weighted by Crippen LogP contribution is 2.36. The Bertz CT molecular complexity index is 1300. The van der Waals surface area contributed by atoms with E-state index in [-0.39, 0.29) is 5.91 Å². The molecule has 0 fully saturated rings. The van der Waals surface area contributed by atoms with E-state index in [0.717, 1.165) is 41.8 Å². The molecule has 4 aromatic rings. The average molecular weight is 425 g/mol. The highest BCUT2D eigenvalue weighted by Gasteiger charge is 2.18. The summed E-state index contributed by atoms with van der Waals surface area (Å²) in [4.78, 5) is 12.5. The van der Waals surface area contributed by atoms with Crippen LogP contribution in [0.15, 0.2) is 65.8 Å². The summed E-state index contributed by atoms with van der Waals surface area (Å²) < 4.78 is 5.57. The Hall–Kier alpha value is -3.93. The number of carbonyl (C=O) groups excluding carboxylic acids is 1. The smallest absolute Gasteiger partial charge is 0.289 e. The van der Waals surface area contributed by atoms with E-state index in [9.17, 15) is 4.79 Å². The first-order valence-corrected chi connectivity index (χ1v) is 10.9. The van der Waals surface area contributed by atoms with Gasteiger partial charge in [-0.05, 0) is 77.1 Å². The van der Waals surface area contributed by atoms with Crippen molar-refractivity contribution in [3.63, 3.8) is 0 Å². The number of aromatic amines is 1. The second-order valence-corrected chi connectivity index (χ2v) is 7.90. The molecule has 0 atom stereocenters. The zero-order chi connectivity index (χ0) is 21.9. The van der Waals surface area contributed by atoms with Crippen molar-refractivity contribution < 1.29 is 9.53 Å². The van der Waals surface area contributed by atoms with Crippen molar-refractivity contribution in [3.8, 4) is 17.0 Å². The first-order chi connectivity index (χ1) is 15.7. The van der Waals surface area contributed by atoms with Gasteiger partial charge >= 0.3 is 0 Å². The van der Waals surface area contributed by atoms with Gasteiger partial charge in [-0.3, -0.25) is 9.89 Å². The topological polar surface area (TPSA) is 79.4 Å². The third kappa shape index (κ3) is 3.87. The molecule has 0 unspecified atom stereocenters. The van der Waals surface area contributed by atoms with Crippen molar-refractivity contribution in [3.05, 3.63) is 83.0 Å². The van der Waals surface area contributed by atoms with Gasteiger partial charge in [0.15, 0.2) is 0 Å². The number of rotatable bonds is 7. The zero-order valence-electron chi connectivity index (χ0n) is 17.9. The zero-order valence-corrected chi connectivity index (χ0v) is 17.9. The van der Waals surface area contributed by atoms with Crippen molar-refractivity contribution in [1.29, 1.82) is 0 Å². The van der Waals surface area contributed by atoms with Crippen LogP contribution < -0.4 is 10.2 Å². The maximum absolute atomic E-state index is 12.5. The Morgan fingerprint density at radius 2 is 1.94 bits per heavy atom. The highest BCUT2D eigenvalue weighted by atomic mass is 16.5. The number of nitrogens with one attached hydrogen (secondary N) is 2. The lowest BCUT2D eigenvalue weighted by atomic mass is 9.98. The van der Waals surface area contributed by atoms with E-state index >= 15 is 0 Å². The Kier molecular flexibility index (Phi) is 5.42. The predicted molar refractivity (Wildman–Crippen MR) is 126 cm³/mol. The van der Waals surface area contributed by atoms with Gasteiger partial charge in [-0.1, -0.05) is 37.3 Å². The van der Waals surface area contributed by atoms with Crippen LogP contribution in [0.4, 0.5) is 0 Å². The number of H-pyrrole nitrogens is 1. The van der Waals surface area contributed by atoms with E-state index in [1.165, 1.54) is 21.9 Å². The van der Waals surface area contributed by atoms with Crippen LogP contribution in [0.2, 0.25) is 0 Å². The van der Waals surface area contributed by atoms with E-state index in [4.69, 9.17) is 4.74 Å². The number of aromatic nitrogens is 2. The molecular formula is C26H24N4O2. The van der Waals surface area contributed by atoms with Crippen molar-refractivity contribution in [2.24, 2.45) is 5.10 Å². The third-order valence-corrected chi connectivity index (χ3v) is 5.71. The van der Waals surface area contributed by atoms with Crippen LogP contribution in [0.25, 0.3) is 22.0 Å². The van der Waals surface area contributed by atoms with Crippen LogP contribution in [-0.2, 0) is 12.8 Å².